The van der Waals surface area contributed by atoms with Crippen LogP contribution < -0.4 is 10.5 Å². The summed E-state index contributed by atoms with van der Waals surface area (Å²) in [5.41, 5.74) is 10.2. The molecule has 2 N–H and O–H groups in total. The van der Waals surface area contributed by atoms with E-state index in [0.29, 0.717) is 5.25 Å². The van der Waals surface area contributed by atoms with Gasteiger partial charge in [0.2, 0.25) is 0 Å². The number of thioether (sulfide) groups is 1. The highest BCUT2D eigenvalue weighted by atomic mass is 32.2. The molecular weight excluding hydrogens is 242 g/mol. The zero-order chi connectivity index (χ0) is 13.1. The van der Waals surface area contributed by atoms with Gasteiger partial charge in [0.05, 0.1) is 7.11 Å². The third-order valence-electron chi connectivity index (χ3n) is 3.66. The van der Waals surface area contributed by atoms with Crippen LogP contribution in [0.4, 0.5) is 0 Å². The molecule has 0 amide bonds. The van der Waals surface area contributed by atoms with Gasteiger partial charge in [0, 0.05) is 16.9 Å². The SMILES string of the molecule is COc1cc(C)cc(C)c1C(N)C1CCCCS1. The Morgan fingerprint density at radius 3 is 2.72 bits per heavy atom. The average molecular weight is 265 g/mol. The number of rotatable bonds is 3. The predicted molar refractivity (Wildman–Crippen MR) is 79.5 cm³/mol. The van der Waals surface area contributed by atoms with Crippen molar-refractivity contribution in [3.63, 3.8) is 0 Å². The minimum absolute atomic E-state index is 0.0887. The minimum Gasteiger partial charge on any atom is -0.496 e. The molecule has 2 rings (SSSR count). The first-order chi connectivity index (χ1) is 8.63. The molecule has 0 saturated carbocycles. The minimum atomic E-state index is 0.0887. The van der Waals surface area contributed by atoms with Crippen LogP contribution in [-0.2, 0) is 0 Å². The smallest absolute Gasteiger partial charge is 0.124 e. The Balaban J connectivity index is 2.30. The number of nitrogens with two attached hydrogens (primary N) is 1. The summed E-state index contributed by atoms with van der Waals surface area (Å²) < 4.78 is 5.53. The average Bonchev–Trinajstić information content (AvgIpc) is 2.38. The standard InChI is InChI=1S/C15H23NOS/c1-10-8-11(2)14(12(9-10)17-3)15(16)13-6-4-5-7-18-13/h8-9,13,15H,4-7,16H2,1-3H3. The molecule has 1 fully saturated rings. The molecule has 2 unspecified atom stereocenters. The lowest BCUT2D eigenvalue weighted by Gasteiger charge is -2.29. The zero-order valence-corrected chi connectivity index (χ0v) is 12.3. The lowest BCUT2D eigenvalue weighted by molar-refractivity contribution is 0.402. The first-order valence-electron chi connectivity index (χ1n) is 6.66. The van der Waals surface area contributed by atoms with E-state index >= 15 is 0 Å². The van der Waals surface area contributed by atoms with Crippen molar-refractivity contribution in [3.05, 3.63) is 28.8 Å². The molecule has 1 aromatic rings. The van der Waals surface area contributed by atoms with Crippen molar-refractivity contribution in [3.8, 4) is 5.75 Å². The Bertz CT molecular complexity index is 413. The van der Waals surface area contributed by atoms with Gasteiger partial charge in [-0.15, -0.1) is 0 Å². The normalized spacial score (nSPS) is 21.7. The predicted octanol–water partition coefficient (Wildman–Crippen LogP) is 3.60. The summed E-state index contributed by atoms with van der Waals surface area (Å²) in [6.07, 6.45) is 3.86. The van der Waals surface area contributed by atoms with Crippen LogP contribution in [-0.4, -0.2) is 18.1 Å². The topological polar surface area (TPSA) is 35.2 Å². The summed E-state index contributed by atoms with van der Waals surface area (Å²) in [6, 6.07) is 4.38. The highest BCUT2D eigenvalue weighted by Crippen LogP contribution is 2.38. The number of methoxy groups -OCH3 is 1. The summed E-state index contributed by atoms with van der Waals surface area (Å²) >= 11 is 2.02. The Kier molecular flexibility index (Phi) is 4.57. The third kappa shape index (κ3) is 2.83. The van der Waals surface area contributed by atoms with Gasteiger partial charge in [-0.1, -0.05) is 12.5 Å². The van der Waals surface area contributed by atoms with Crippen molar-refractivity contribution in [2.75, 3.05) is 12.9 Å². The number of hydrogen-bond donors (Lipinski definition) is 1. The van der Waals surface area contributed by atoms with E-state index in [0.717, 1.165) is 5.75 Å². The molecule has 0 bridgehead atoms. The van der Waals surface area contributed by atoms with Crippen molar-refractivity contribution in [2.24, 2.45) is 5.73 Å². The van der Waals surface area contributed by atoms with Gasteiger partial charge in [0.15, 0.2) is 0 Å². The lowest BCUT2D eigenvalue weighted by Crippen LogP contribution is -2.27. The van der Waals surface area contributed by atoms with Crippen molar-refractivity contribution >= 4 is 11.8 Å². The summed E-state index contributed by atoms with van der Waals surface area (Å²) in [5.74, 6) is 2.19. The van der Waals surface area contributed by atoms with E-state index in [1.165, 1.54) is 41.7 Å². The second-order valence-electron chi connectivity index (χ2n) is 5.13. The van der Waals surface area contributed by atoms with Gasteiger partial charge < -0.3 is 10.5 Å². The van der Waals surface area contributed by atoms with E-state index in [1.54, 1.807) is 7.11 Å². The van der Waals surface area contributed by atoms with Gasteiger partial charge in [0.25, 0.3) is 0 Å². The molecule has 3 heteroatoms. The summed E-state index contributed by atoms with van der Waals surface area (Å²) in [6.45, 7) is 4.23. The third-order valence-corrected chi connectivity index (χ3v) is 5.14. The van der Waals surface area contributed by atoms with Crippen molar-refractivity contribution in [2.45, 2.75) is 44.4 Å². The van der Waals surface area contributed by atoms with Crippen LogP contribution in [0.15, 0.2) is 12.1 Å². The van der Waals surface area contributed by atoms with Crippen LogP contribution in [0, 0.1) is 13.8 Å². The number of benzene rings is 1. The van der Waals surface area contributed by atoms with E-state index in [2.05, 4.69) is 26.0 Å². The maximum Gasteiger partial charge on any atom is 0.124 e. The molecule has 0 aromatic heterocycles. The van der Waals surface area contributed by atoms with Crippen LogP contribution in [0.1, 0.15) is 42.0 Å². The molecule has 1 aliphatic rings. The van der Waals surface area contributed by atoms with Crippen LogP contribution in [0.3, 0.4) is 0 Å². The zero-order valence-electron chi connectivity index (χ0n) is 11.5. The number of hydrogen-bond acceptors (Lipinski definition) is 3. The first kappa shape index (κ1) is 13.8. The number of aryl methyl sites for hydroxylation is 2. The quantitative estimate of drug-likeness (QED) is 0.907. The van der Waals surface area contributed by atoms with Gasteiger partial charge in [-0.25, -0.2) is 0 Å². The molecule has 1 aliphatic heterocycles. The van der Waals surface area contributed by atoms with Crippen LogP contribution in [0.25, 0.3) is 0 Å². The first-order valence-corrected chi connectivity index (χ1v) is 7.70. The molecular formula is C15H23NOS. The van der Waals surface area contributed by atoms with E-state index in [4.69, 9.17) is 10.5 Å². The van der Waals surface area contributed by atoms with Crippen molar-refractivity contribution in [1.82, 2.24) is 0 Å². The summed E-state index contributed by atoms with van der Waals surface area (Å²) in [4.78, 5) is 0. The van der Waals surface area contributed by atoms with Gasteiger partial charge in [-0.3, -0.25) is 0 Å². The molecule has 0 spiro atoms. The fourth-order valence-electron chi connectivity index (χ4n) is 2.77. The van der Waals surface area contributed by atoms with E-state index in [1.807, 2.05) is 11.8 Å². The van der Waals surface area contributed by atoms with E-state index in [-0.39, 0.29) is 6.04 Å². The molecule has 1 aromatic carbocycles. The van der Waals surface area contributed by atoms with Crippen LogP contribution in [0.2, 0.25) is 0 Å². The fraction of sp³-hybridized carbons (Fsp3) is 0.600. The van der Waals surface area contributed by atoms with Gasteiger partial charge >= 0.3 is 0 Å². The maximum atomic E-state index is 6.50. The lowest BCUT2D eigenvalue weighted by atomic mass is 9.94. The molecule has 2 atom stereocenters. The number of ether oxygens (including phenoxy) is 1. The van der Waals surface area contributed by atoms with Crippen molar-refractivity contribution in [1.29, 1.82) is 0 Å². The summed E-state index contributed by atoms with van der Waals surface area (Å²) in [5, 5.41) is 0.536. The Labute approximate surface area is 114 Å². The fourth-order valence-corrected chi connectivity index (χ4v) is 4.12. The van der Waals surface area contributed by atoms with E-state index in [9.17, 15) is 0 Å². The summed E-state index contributed by atoms with van der Waals surface area (Å²) in [7, 11) is 1.73. The van der Waals surface area contributed by atoms with Gasteiger partial charge in [-0.05, 0) is 49.6 Å². The molecule has 0 radical (unpaired) electrons. The van der Waals surface area contributed by atoms with E-state index < -0.39 is 0 Å². The Hall–Kier alpha value is -0.670. The molecule has 0 aliphatic carbocycles. The molecule has 100 valence electrons. The highest BCUT2D eigenvalue weighted by Gasteiger charge is 2.26. The molecule has 18 heavy (non-hydrogen) atoms. The second kappa shape index (κ2) is 5.98. The monoisotopic (exact) mass is 265 g/mol. The van der Waals surface area contributed by atoms with Crippen LogP contribution >= 0.6 is 11.8 Å². The van der Waals surface area contributed by atoms with Crippen LogP contribution in [0.5, 0.6) is 5.75 Å². The van der Waals surface area contributed by atoms with Gasteiger partial charge in [0.1, 0.15) is 5.75 Å². The largest absolute Gasteiger partial charge is 0.496 e. The Morgan fingerprint density at radius 2 is 2.11 bits per heavy atom. The molecule has 1 heterocycles. The molecule has 1 saturated heterocycles. The maximum absolute atomic E-state index is 6.50. The molecule has 2 nitrogen and oxygen atoms in total. The van der Waals surface area contributed by atoms with Gasteiger partial charge in [-0.2, -0.15) is 11.8 Å². The van der Waals surface area contributed by atoms with Crippen molar-refractivity contribution < 1.29 is 4.74 Å². The highest BCUT2D eigenvalue weighted by molar-refractivity contribution is 8.00. The second-order valence-corrected chi connectivity index (χ2v) is 6.48. The Morgan fingerprint density at radius 1 is 1.33 bits per heavy atom.